The summed E-state index contributed by atoms with van der Waals surface area (Å²) in [7, 11) is 0. The lowest BCUT2D eigenvalue weighted by molar-refractivity contribution is 0.420. The van der Waals surface area contributed by atoms with E-state index in [1.54, 1.807) is 22.3 Å². The molecule has 1 aromatic carbocycles. The average Bonchev–Trinajstić information content (AvgIpc) is 2.91. The van der Waals surface area contributed by atoms with E-state index >= 15 is 0 Å². The Balaban J connectivity index is 1.94. The van der Waals surface area contributed by atoms with Gasteiger partial charge >= 0.3 is 0 Å². The molecule has 0 fully saturated rings. The summed E-state index contributed by atoms with van der Waals surface area (Å²) in [4.78, 5) is 0. The quantitative estimate of drug-likeness (QED) is 0.691. The molecular weight excluding hydrogens is 300 g/mol. The first-order valence-corrected chi connectivity index (χ1v) is 10.1. The van der Waals surface area contributed by atoms with E-state index in [0.29, 0.717) is 5.41 Å². The van der Waals surface area contributed by atoms with Gasteiger partial charge in [0.15, 0.2) is 0 Å². The Morgan fingerprint density at radius 3 is 2.56 bits per heavy atom. The molecule has 0 N–H and O–H groups in total. The molecule has 3 aliphatic carbocycles. The van der Waals surface area contributed by atoms with Crippen LogP contribution in [0.5, 0.6) is 0 Å². The summed E-state index contributed by atoms with van der Waals surface area (Å²) < 4.78 is 0. The van der Waals surface area contributed by atoms with Crippen LogP contribution in [-0.2, 0) is 6.42 Å². The van der Waals surface area contributed by atoms with Crippen LogP contribution in [0, 0.1) is 10.8 Å². The SMILES string of the molecule is CCCCc1ccc2c(c1)=C1CC3=CC(C)(C)CCC3=C1C(C)(C)C=2. The smallest absolute Gasteiger partial charge is 0.00903 e. The van der Waals surface area contributed by atoms with E-state index in [1.807, 2.05) is 0 Å². The molecule has 132 valence electrons. The lowest BCUT2D eigenvalue weighted by Gasteiger charge is -2.31. The molecule has 0 radical (unpaired) electrons. The maximum absolute atomic E-state index is 2.57. The normalized spacial score (nSPS) is 22.8. The highest BCUT2D eigenvalue weighted by atomic mass is 14.4. The number of allylic oxidation sites excluding steroid dienone is 4. The fourth-order valence-electron chi connectivity index (χ4n) is 5.14. The zero-order valence-electron chi connectivity index (χ0n) is 16.6. The Morgan fingerprint density at radius 1 is 1.00 bits per heavy atom. The minimum absolute atomic E-state index is 0.152. The second kappa shape index (κ2) is 5.73. The highest BCUT2D eigenvalue weighted by molar-refractivity contribution is 5.82. The first-order chi connectivity index (χ1) is 11.8. The van der Waals surface area contributed by atoms with Crippen LogP contribution in [0.3, 0.4) is 0 Å². The number of hydrogen-bond donors (Lipinski definition) is 0. The molecule has 0 spiro atoms. The molecular formula is C25H32. The number of aryl methyl sites for hydroxylation is 1. The Hall–Kier alpha value is -1.56. The molecule has 25 heavy (non-hydrogen) atoms. The highest BCUT2D eigenvalue weighted by Gasteiger charge is 2.38. The average molecular weight is 333 g/mol. The molecule has 0 atom stereocenters. The van der Waals surface area contributed by atoms with Crippen molar-refractivity contribution in [2.45, 2.75) is 73.1 Å². The van der Waals surface area contributed by atoms with Gasteiger partial charge in [0.05, 0.1) is 0 Å². The highest BCUT2D eigenvalue weighted by Crippen LogP contribution is 2.52. The lowest BCUT2D eigenvalue weighted by atomic mass is 9.73. The van der Waals surface area contributed by atoms with Gasteiger partial charge in [-0.05, 0) is 75.8 Å². The van der Waals surface area contributed by atoms with Crippen LogP contribution >= 0.6 is 0 Å². The molecule has 0 heterocycles. The Morgan fingerprint density at radius 2 is 1.80 bits per heavy atom. The molecule has 3 aliphatic rings. The molecule has 0 aromatic heterocycles. The topological polar surface area (TPSA) is 0 Å². The van der Waals surface area contributed by atoms with Crippen molar-refractivity contribution in [1.29, 1.82) is 0 Å². The fraction of sp³-hybridized carbons (Fsp3) is 0.520. The van der Waals surface area contributed by atoms with Gasteiger partial charge in [-0.2, -0.15) is 0 Å². The van der Waals surface area contributed by atoms with Crippen molar-refractivity contribution in [2.75, 3.05) is 0 Å². The number of rotatable bonds is 3. The van der Waals surface area contributed by atoms with Gasteiger partial charge in [-0.1, -0.05) is 71.4 Å². The molecule has 0 saturated heterocycles. The maximum Gasteiger partial charge on any atom is 0.00903 e. The Kier molecular flexibility index (Phi) is 3.87. The zero-order valence-corrected chi connectivity index (χ0v) is 16.6. The van der Waals surface area contributed by atoms with Crippen molar-refractivity contribution < 1.29 is 0 Å². The summed E-state index contributed by atoms with van der Waals surface area (Å²) in [5.41, 5.74) is 8.57. The van der Waals surface area contributed by atoms with Gasteiger partial charge < -0.3 is 0 Å². The van der Waals surface area contributed by atoms with E-state index in [9.17, 15) is 0 Å². The van der Waals surface area contributed by atoms with Crippen molar-refractivity contribution >= 4 is 11.6 Å². The zero-order chi connectivity index (χ0) is 17.8. The molecule has 0 nitrogen and oxygen atoms in total. The van der Waals surface area contributed by atoms with Crippen LogP contribution in [0.15, 0.2) is 41.0 Å². The molecule has 0 heteroatoms. The van der Waals surface area contributed by atoms with Crippen LogP contribution in [-0.4, -0.2) is 0 Å². The third-order valence-electron chi connectivity index (χ3n) is 6.37. The van der Waals surface area contributed by atoms with E-state index in [-0.39, 0.29) is 5.41 Å². The van der Waals surface area contributed by atoms with Crippen molar-refractivity contribution in [3.8, 4) is 0 Å². The molecule has 0 unspecified atom stereocenters. The second-order valence-electron chi connectivity index (χ2n) is 9.56. The van der Waals surface area contributed by atoms with Gasteiger partial charge in [0.2, 0.25) is 0 Å². The molecule has 0 saturated carbocycles. The first-order valence-electron chi connectivity index (χ1n) is 10.1. The molecule has 4 rings (SSSR count). The van der Waals surface area contributed by atoms with Crippen LogP contribution < -0.4 is 10.4 Å². The minimum atomic E-state index is 0.152. The predicted octanol–water partition coefficient (Wildman–Crippen LogP) is 5.45. The fourth-order valence-corrected chi connectivity index (χ4v) is 5.14. The van der Waals surface area contributed by atoms with Crippen LogP contribution in [0.25, 0.3) is 11.6 Å². The molecule has 1 aromatic rings. The largest absolute Gasteiger partial charge is 0.0750 e. The van der Waals surface area contributed by atoms with Crippen molar-refractivity contribution in [3.05, 3.63) is 57.0 Å². The van der Waals surface area contributed by atoms with Gasteiger partial charge in [-0.15, -0.1) is 0 Å². The lowest BCUT2D eigenvalue weighted by Crippen LogP contribution is -2.36. The van der Waals surface area contributed by atoms with Gasteiger partial charge in [0.1, 0.15) is 0 Å². The molecule has 0 aliphatic heterocycles. The summed E-state index contributed by atoms with van der Waals surface area (Å²) in [6.45, 7) is 11.9. The number of fused-ring (bicyclic) bond motifs is 3. The van der Waals surface area contributed by atoms with Gasteiger partial charge in [0.25, 0.3) is 0 Å². The minimum Gasteiger partial charge on any atom is -0.0750 e. The van der Waals surface area contributed by atoms with Crippen molar-refractivity contribution in [2.24, 2.45) is 10.8 Å². The molecule has 0 bridgehead atoms. The number of benzene rings is 1. The summed E-state index contributed by atoms with van der Waals surface area (Å²) in [6, 6.07) is 7.22. The monoisotopic (exact) mass is 332 g/mol. The Bertz CT molecular complexity index is 900. The van der Waals surface area contributed by atoms with E-state index in [2.05, 4.69) is 65.0 Å². The maximum atomic E-state index is 2.57. The van der Waals surface area contributed by atoms with Gasteiger partial charge in [-0.25, -0.2) is 0 Å². The summed E-state index contributed by atoms with van der Waals surface area (Å²) in [5, 5.41) is 2.96. The van der Waals surface area contributed by atoms with Crippen LogP contribution in [0.4, 0.5) is 0 Å². The van der Waals surface area contributed by atoms with E-state index in [0.717, 1.165) is 6.42 Å². The van der Waals surface area contributed by atoms with Crippen LogP contribution in [0.1, 0.15) is 72.3 Å². The Labute approximate surface area is 153 Å². The third kappa shape index (κ3) is 2.84. The van der Waals surface area contributed by atoms with E-state index in [4.69, 9.17) is 0 Å². The van der Waals surface area contributed by atoms with E-state index < -0.39 is 0 Å². The van der Waals surface area contributed by atoms with Gasteiger partial charge in [-0.3, -0.25) is 0 Å². The van der Waals surface area contributed by atoms with Crippen molar-refractivity contribution in [3.63, 3.8) is 0 Å². The predicted molar refractivity (Wildman–Crippen MR) is 109 cm³/mol. The summed E-state index contributed by atoms with van der Waals surface area (Å²) >= 11 is 0. The summed E-state index contributed by atoms with van der Waals surface area (Å²) in [5.74, 6) is 0. The number of hydrogen-bond acceptors (Lipinski definition) is 0. The summed E-state index contributed by atoms with van der Waals surface area (Å²) in [6.07, 6.45) is 12.5. The standard InChI is InChI=1S/C25H32/c1-6-7-8-17-9-10-18-16-25(4,5)23-20-11-12-24(2,3)15-19(20)14-22(23)21(18)13-17/h9-10,13,15-16H,6-8,11-12,14H2,1-5H3. The second-order valence-corrected chi connectivity index (χ2v) is 9.56. The van der Waals surface area contributed by atoms with E-state index in [1.165, 1.54) is 48.1 Å². The third-order valence-corrected chi connectivity index (χ3v) is 6.37. The van der Waals surface area contributed by atoms with Crippen LogP contribution in [0.2, 0.25) is 0 Å². The molecule has 0 amide bonds. The first kappa shape index (κ1) is 16.9. The number of unbranched alkanes of at least 4 members (excludes halogenated alkanes) is 1. The van der Waals surface area contributed by atoms with Crippen molar-refractivity contribution in [1.82, 2.24) is 0 Å². The van der Waals surface area contributed by atoms with Gasteiger partial charge in [0, 0.05) is 5.41 Å².